The van der Waals surface area contributed by atoms with E-state index in [-0.39, 0.29) is 5.91 Å². The van der Waals surface area contributed by atoms with Gasteiger partial charge in [-0.25, -0.2) is 4.79 Å². The smallest absolute Gasteiger partial charge is 0.326 e. The quantitative estimate of drug-likeness (QED) is 0.874. The van der Waals surface area contributed by atoms with Crippen molar-refractivity contribution in [1.29, 1.82) is 5.26 Å². The van der Waals surface area contributed by atoms with Crippen LogP contribution in [0.5, 0.6) is 0 Å². The summed E-state index contributed by atoms with van der Waals surface area (Å²) in [6, 6.07) is 7.49. The van der Waals surface area contributed by atoms with Crippen LogP contribution in [-0.2, 0) is 4.79 Å². The number of carboxylic acid groups (broad SMARTS) is 1. The Kier molecular flexibility index (Phi) is 3.81. The van der Waals surface area contributed by atoms with Gasteiger partial charge in [-0.1, -0.05) is 0 Å². The fourth-order valence-electron chi connectivity index (χ4n) is 2.28. The first kappa shape index (κ1) is 13.1. The molecular formula is C14H14N2O3. The summed E-state index contributed by atoms with van der Waals surface area (Å²) in [4.78, 5) is 24.9. The largest absolute Gasteiger partial charge is 0.480 e. The molecule has 0 bridgehead atoms. The first-order chi connectivity index (χ1) is 9.13. The van der Waals surface area contributed by atoms with Gasteiger partial charge in [0.15, 0.2) is 0 Å². The lowest BCUT2D eigenvalue weighted by atomic mass is 10.0. The average molecular weight is 258 g/mol. The predicted octanol–water partition coefficient (Wildman–Crippen LogP) is 1.64. The van der Waals surface area contributed by atoms with Crippen LogP contribution < -0.4 is 0 Å². The van der Waals surface area contributed by atoms with Crippen molar-refractivity contribution in [3.05, 3.63) is 35.4 Å². The van der Waals surface area contributed by atoms with E-state index in [1.54, 1.807) is 24.3 Å². The van der Waals surface area contributed by atoms with Crippen molar-refractivity contribution in [3.63, 3.8) is 0 Å². The number of amides is 1. The summed E-state index contributed by atoms with van der Waals surface area (Å²) >= 11 is 0. The molecule has 1 amide bonds. The van der Waals surface area contributed by atoms with Crippen molar-refractivity contribution in [1.82, 2.24) is 4.90 Å². The number of rotatable bonds is 2. The molecule has 0 radical (unpaired) electrons. The molecule has 1 aromatic carbocycles. The number of likely N-dealkylation sites (tertiary alicyclic amines) is 1. The van der Waals surface area contributed by atoms with Crippen LogP contribution in [-0.4, -0.2) is 34.5 Å². The van der Waals surface area contributed by atoms with Crippen LogP contribution in [0.3, 0.4) is 0 Å². The zero-order valence-corrected chi connectivity index (χ0v) is 10.4. The molecular weight excluding hydrogens is 244 g/mol. The SMILES string of the molecule is N#Cc1ccc(C(=O)N2CCCC[C@@H]2C(=O)O)cc1. The van der Waals surface area contributed by atoms with Crippen LogP contribution in [0, 0.1) is 11.3 Å². The summed E-state index contributed by atoms with van der Waals surface area (Å²) in [6.45, 7) is 0.468. The van der Waals surface area contributed by atoms with Gasteiger partial charge in [0, 0.05) is 12.1 Å². The molecule has 1 aromatic rings. The predicted molar refractivity (Wildman–Crippen MR) is 67.5 cm³/mol. The molecule has 1 atom stereocenters. The summed E-state index contributed by atoms with van der Waals surface area (Å²) in [5.41, 5.74) is 0.900. The molecule has 1 aliphatic rings. The van der Waals surface area contributed by atoms with Crippen LogP contribution in [0.25, 0.3) is 0 Å². The first-order valence-electron chi connectivity index (χ1n) is 6.17. The number of carbonyl (C=O) groups is 2. The van der Waals surface area contributed by atoms with Crippen molar-refractivity contribution in [3.8, 4) is 6.07 Å². The van der Waals surface area contributed by atoms with Crippen molar-refractivity contribution >= 4 is 11.9 Å². The maximum atomic E-state index is 12.3. The Hall–Kier alpha value is -2.35. The molecule has 0 saturated carbocycles. The van der Waals surface area contributed by atoms with E-state index in [9.17, 15) is 9.59 Å². The number of hydrogen-bond donors (Lipinski definition) is 1. The van der Waals surface area contributed by atoms with E-state index in [4.69, 9.17) is 10.4 Å². The lowest BCUT2D eigenvalue weighted by Gasteiger charge is -2.33. The Balaban J connectivity index is 2.21. The molecule has 0 aliphatic carbocycles. The summed E-state index contributed by atoms with van der Waals surface area (Å²) in [5, 5.41) is 17.9. The minimum atomic E-state index is -0.957. The van der Waals surface area contributed by atoms with Gasteiger partial charge < -0.3 is 10.0 Å². The molecule has 2 rings (SSSR count). The second-order valence-electron chi connectivity index (χ2n) is 4.54. The average Bonchev–Trinajstić information content (AvgIpc) is 2.46. The molecule has 0 spiro atoms. The van der Waals surface area contributed by atoms with Crippen molar-refractivity contribution in [2.24, 2.45) is 0 Å². The van der Waals surface area contributed by atoms with E-state index in [1.807, 2.05) is 6.07 Å². The summed E-state index contributed by atoms with van der Waals surface area (Å²) in [7, 11) is 0. The van der Waals surface area contributed by atoms with Gasteiger partial charge in [-0.05, 0) is 43.5 Å². The first-order valence-corrected chi connectivity index (χ1v) is 6.17. The molecule has 1 aliphatic heterocycles. The fourth-order valence-corrected chi connectivity index (χ4v) is 2.28. The van der Waals surface area contributed by atoms with E-state index >= 15 is 0 Å². The molecule has 0 aromatic heterocycles. The lowest BCUT2D eigenvalue weighted by molar-refractivity contribution is -0.143. The number of benzene rings is 1. The van der Waals surface area contributed by atoms with Crippen LogP contribution in [0.15, 0.2) is 24.3 Å². The topological polar surface area (TPSA) is 81.4 Å². The van der Waals surface area contributed by atoms with E-state index in [0.29, 0.717) is 24.1 Å². The summed E-state index contributed by atoms with van der Waals surface area (Å²) in [6.07, 6.45) is 2.15. The Bertz CT molecular complexity index is 531. The van der Waals surface area contributed by atoms with Gasteiger partial charge in [-0.15, -0.1) is 0 Å². The maximum absolute atomic E-state index is 12.3. The van der Waals surface area contributed by atoms with Gasteiger partial charge in [-0.3, -0.25) is 4.79 Å². The molecule has 1 N–H and O–H groups in total. The minimum Gasteiger partial charge on any atom is -0.480 e. The van der Waals surface area contributed by atoms with Gasteiger partial charge in [0.2, 0.25) is 0 Å². The van der Waals surface area contributed by atoms with Gasteiger partial charge in [0.05, 0.1) is 11.6 Å². The molecule has 19 heavy (non-hydrogen) atoms. The fraction of sp³-hybridized carbons (Fsp3) is 0.357. The Morgan fingerprint density at radius 3 is 2.53 bits per heavy atom. The number of nitrogens with zero attached hydrogens (tertiary/aromatic N) is 2. The molecule has 1 heterocycles. The molecule has 5 heteroatoms. The number of piperidine rings is 1. The standard InChI is InChI=1S/C14H14N2O3/c15-9-10-4-6-11(7-5-10)13(17)16-8-2-1-3-12(16)14(18)19/h4-7,12H,1-3,8H2,(H,18,19)/t12-/m1/s1. The molecule has 98 valence electrons. The molecule has 0 unspecified atom stereocenters. The highest BCUT2D eigenvalue weighted by atomic mass is 16.4. The second-order valence-corrected chi connectivity index (χ2v) is 4.54. The van der Waals surface area contributed by atoms with Crippen LogP contribution in [0.2, 0.25) is 0 Å². The van der Waals surface area contributed by atoms with Gasteiger partial charge in [0.25, 0.3) is 5.91 Å². The highest BCUT2D eigenvalue weighted by molar-refractivity contribution is 5.96. The summed E-state index contributed by atoms with van der Waals surface area (Å²) < 4.78 is 0. The number of aliphatic carboxylic acids is 1. The molecule has 1 saturated heterocycles. The number of carbonyl (C=O) groups excluding carboxylic acids is 1. The zero-order valence-electron chi connectivity index (χ0n) is 10.4. The zero-order chi connectivity index (χ0) is 13.8. The van der Waals surface area contributed by atoms with Gasteiger partial charge >= 0.3 is 5.97 Å². The third-order valence-electron chi connectivity index (χ3n) is 3.31. The van der Waals surface area contributed by atoms with E-state index in [0.717, 1.165) is 12.8 Å². The Morgan fingerprint density at radius 1 is 1.26 bits per heavy atom. The van der Waals surface area contributed by atoms with Crippen LogP contribution >= 0.6 is 0 Å². The van der Waals surface area contributed by atoms with E-state index in [1.165, 1.54) is 4.90 Å². The monoisotopic (exact) mass is 258 g/mol. The number of hydrogen-bond acceptors (Lipinski definition) is 3. The van der Waals surface area contributed by atoms with Gasteiger partial charge in [-0.2, -0.15) is 5.26 Å². The van der Waals surface area contributed by atoms with Gasteiger partial charge in [0.1, 0.15) is 6.04 Å². The molecule has 5 nitrogen and oxygen atoms in total. The number of nitriles is 1. The van der Waals surface area contributed by atoms with Crippen LogP contribution in [0.4, 0.5) is 0 Å². The highest BCUT2D eigenvalue weighted by Gasteiger charge is 2.32. The second kappa shape index (κ2) is 5.53. The maximum Gasteiger partial charge on any atom is 0.326 e. The highest BCUT2D eigenvalue weighted by Crippen LogP contribution is 2.20. The Labute approximate surface area is 111 Å². The van der Waals surface area contributed by atoms with Crippen molar-refractivity contribution in [2.75, 3.05) is 6.54 Å². The lowest BCUT2D eigenvalue weighted by Crippen LogP contribution is -2.47. The van der Waals surface area contributed by atoms with Crippen molar-refractivity contribution < 1.29 is 14.7 Å². The van der Waals surface area contributed by atoms with E-state index < -0.39 is 12.0 Å². The normalized spacial score (nSPS) is 18.7. The molecule has 1 fully saturated rings. The van der Waals surface area contributed by atoms with Crippen LogP contribution in [0.1, 0.15) is 35.2 Å². The number of carboxylic acids is 1. The van der Waals surface area contributed by atoms with Crippen molar-refractivity contribution in [2.45, 2.75) is 25.3 Å². The third-order valence-corrected chi connectivity index (χ3v) is 3.31. The summed E-state index contributed by atoms with van der Waals surface area (Å²) in [5.74, 6) is -1.24. The Morgan fingerprint density at radius 2 is 1.95 bits per heavy atom. The third kappa shape index (κ3) is 2.74. The van der Waals surface area contributed by atoms with E-state index in [2.05, 4.69) is 0 Å². The minimum absolute atomic E-state index is 0.281.